The lowest BCUT2D eigenvalue weighted by Gasteiger charge is -2.32. The highest BCUT2D eigenvalue weighted by atomic mass is 16.1. The van der Waals surface area contributed by atoms with Gasteiger partial charge in [-0.2, -0.15) is 0 Å². The van der Waals surface area contributed by atoms with E-state index in [4.69, 9.17) is 0 Å². The van der Waals surface area contributed by atoms with E-state index in [0.717, 1.165) is 42.8 Å². The molecular formula is C20H23N5O. The third kappa shape index (κ3) is 3.40. The smallest absolute Gasteiger partial charge is 0.223 e. The van der Waals surface area contributed by atoms with Crippen molar-refractivity contribution < 1.29 is 4.79 Å². The summed E-state index contributed by atoms with van der Waals surface area (Å²) in [5.41, 5.74) is 3.38. The van der Waals surface area contributed by atoms with E-state index in [1.807, 2.05) is 16.8 Å². The highest BCUT2D eigenvalue weighted by Crippen LogP contribution is 2.25. The summed E-state index contributed by atoms with van der Waals surface area (Å²) in [5, 5.41) is 3.08. The van der Waals surface area contributed by atoms with Gasteiger partial charge in [0, 0.05) is 37.9 Å². The van der Waals surface area contributed by atoms with Crippen LogP contribution in [0.2, 0.25) is 0 Å². The van der Waals surface area contributed by atoms with E-state index in [1.54, 1.807) is 12.5 Å². The van der Waals surface area contributed by atoms with Crippen LogP contribution in [0.3, 0.4) is 0 Å². The van der Waals surface area contributed by atoms with Gasteiger partial charge in [-0.3, -0.25) is 4.79 Å². The Labute approximate surface area is 152 Å². The molecule has 0 spiro atoms. The highest BCUT2D eigenvalue weighted by Gasteiger charge is 2.26. The molecule has 0 saturated carbocycles. The molecule has 1 aliphatic heterocycles. The van der Waals surface area contributed by atoms with Crippen molar-refractivity contribution in [3.05, 3.63) is 60.3 Å². The summed E-state index contributed by atoms with van der Waals surface area (Å²) in [6.07, 6.45) is 9.00. The number of aryl methyl sites for hydroxylation is 1. The number of aromatic nitrogens is 3. The number of nitrogens with zero attached hydrogens (tertiary/aromatic N) is 4. The van der Waals surface area contributed by atoms with Crippen LogP contribution in [0.25, 0.3) is 5.52 Å². The number of hydrogen-bond donors (Lipinski definition) is 1. The topological polar surface area (TPSA) is 62.5 Å². The second-order valence-corrected chi connectivity index (χ2v) is 6.90. The molecule has 1 saturated heterocycles. The first-order valence-corrected chi connectivity index (χ1v) is 9.05. The number of amides is 1. The number of rotatable bonds is 4. The second-order valence-electron chi connectivity index (χ2n) is 6.90. The molecule has 6 nitrogen and oxygen atoms in total. The van der Waals surface area contributed by atoms with Crippen LogP contribution in [0.1, 0.15) is 24.0 Å². The molecule has 0 radical (unpaired) electrons. The number of imidazole rings is 1. The zero-order chi connectivity index (χ0) is 17.9. The van der Waals surface area contributed by atoms with Crippen molar-refractivity contribution in [2.75, 3.05) is 18.0 Å². The van der Waals surface area contributed by atoms with Crippen LogP contribution in [-0.4, -0.2) is 33.4 Å². The number of piperidine rings is 1. The fraction of sp³-hybridized carbons (Fsp3) is 0.350. The van der Waals surface area contributed by atoms with Gasteiger partial charge >= 0.3 is 0 Å². The molecule has 1 fully saturated rings. The molecule has 3 heterocycles. The molecular weight excluding hydrogens is 326 g/mol. The van der Waals surface area contributed by atoms with Gasteiger partial charge in [0.1, 0.15) is 5.52 Å². The molecule has 2 aromatic heterocycles. The standard InChI is InChI=1S/C20H23N5O/c1-15-2-4-16(5-3-15)12-23-20(26)17-6-9-24(10-7-17)19-18-13-21-14-25(18)11-8-22-19/h2-5,8,11,13-14,17H,6-7,9-10,12H2,1H3,(H,23,26). The largest absolute Gasteiger partial charge is 0.355 e. The average Bonchev–Trinajstić information content (AvgIpc) is 3.16. The molecule has 26 heavy (non-hydrogen) atoms. The van der Waals surface area contributed by atoms with Crippen molar-refractivity contribution in [1.29, 1.82) is 0 Å². The molecule has 1 aliphatic rings. The lowest BCUT2D eigenvalue weighted by Crippen LogP contribution is -2.40. The maximum atomic E-state index is 12.5. The molecule has 0 aliphatic carbocycles. The lowest BCUT2D eigenvalue weighted by atomic mass is 9.95. The van der Waals surface area contributed by atoms with Crippen LogP contribution in [0.5, 0.6) is 0 Å². The van der Waals surface area contributed by atoms with Crippen LogP contribution in [0.15, 0.2) is 49.2 Å². The maximum Gasteiger partial charge on any atom is 0.223 e. The van der Waals surface area contributed by atoms with E-state index < -0.39 is 0 Å². The number of benzene rings is 1. The number of carbonyl (C=O) groups is 1. The monoisotopic (exact) mass is 349 g/mol. The molecule has 1 aromatic carbocycles. The van der Waals surface area contributed by atoms with Gasteiger partial charge in [-0.1, -0.05) is 29.8 Å². The molecule has 0 bridgehead atoms. The Hall–Kier alpha value is -2.89. The van der Waals surface area contributed by atoms with Gasteiger partial charge in [-0.25, -0.2) is 9.97 Å². The third-order valence-electron chi connectivity index (χ3n) is 5.07. The van der Waals surface area contributed by atoms with E-state index in [0.29, 0.717) is 6.54 Å². The summed E-state index contributed by atoms with van der Waals surface area (Å²) in [6, 6.07) is 8.28. The summed E-state index contributed by atoms with van der Waals surface area (Å²) in [6.45, 7) is 4.33. The minimum absolute atomic E-state index is 0.0707. The Kier molecular flexibility index (Phi) is 4.56. The van der Waals surface area contributed by atoms with Crippen molar-refractivity contribution in [2.45, 2.75) is 26.3 Å². The van der Waals surface area contributed by atoms with E-state index in [-0.39, 0.29) is 11.8 Å². The first-order valence-electron chi connectivity index (χ1n) is 9.05. The van der Waals surface area contributed by atoms with Gasteiger partial charge < -0.3 is 14.6 Å². The Morgan fingerprint density at radius 3 is 2.77 bits per heavy atom. The number of hydrogen-bond acceptors (Lipinski definition) is 4. The Bertz CT molecular complexity index is 894. The quantitative estimate of drug-likeness (QED) is 0.786. The Morgan fingerprint density at radius 1 is 1.23 bits per heavy atom. The van der Waals surface area contributed by atoms with E-state index in [2.05, 4.69) is 51.4 Å². The van der Waals surface area contributed by atoms with Crippen molar-refractivity contribution in [1.82, 2.24) is 19.7 Å². The summed E-state index contributed by atoms with van der Waals surface area (Å²) >= 11 is 0. The Morgan fingerprint density at radius 2 is 2.00 bits per heavy atom. The van der Waals surface area contributed by atoms with Crippen LogP contribution < -0.4 is 10.2 Å². The molecule has 134 valence electrons. The predicted molar refractivity (Wildman–Crippen MR) is 101 cm³/mol. The van der Waals surface area contributed by atoms with Crippen LogP contribution in [-0.2, 0) is 11.3 Å². The minimum atomic E-state index is 0.0707. The lowest BCUT2D eigenvalue weighted by molar-refractivity contribution is -0.125. The van der Waals surface area contributed by atoms with E-state index in [1.165, 1.54) is 5.56 Å². The van der Waals surface area contributed by atoms with Crippen LogP contribution >= 0.6 is 0 Å². The average molecular weight is 349 g/mol. The fourth-order valence-corrected chi connectivity index (χ4v) is 3.48. The number of carbonyl (C=O) groups excluding carboxylic acids is 1. The van der Waals surface area contributed by atoms with Crippen molar-refractivity contribution >= 4 is 17.2 Å². The molecule has 0 unspecified atom stereocenters. The molecule has 3 aromatic rings. The Balaban J connectivity index is 1.33. The third-order valence-corrected chi connectivity index (χ3v) is 5.07. The highest BCUT2D eigenvalue weighted by molar-refractivity contribution is 5.79. The minimum Gasteiger partial charge on any atom is -0.355 e. The summed E-state index contributed by atoms with van der Waals surface area (Å²) < 4.78 is 1.97. The van der Waals surface area contributed by atoms with Gasteiger partial charge in [-0.15, -0.1) is 0 Å². The van der Waals surface area contributed by atoms with E-state index >= 15 is 0 Å². The summed E-state index contributed by atoms with van der Waals surface area (Å²) in [4.78, 5) is 23.5. The second kappa shape index (κ2) is 7.15. The number of nitrogens with one attached hydrogen (secondary N) is 1. The van der Waals surface area contributed by atoms with Gasteiger partial charge in [-0.05, 0) is 25.3 Å². The van der Waals surface area contributed by atoms with Gasteiger partial charge in [0.2, 0.25) is 5.91 Å². The van der Waals surface area contributed by atoms with Gasteiger partial charge in [0.05, 0.1) is 12.5 Å². The van der Waals surface area contributed by atoms with E-state index in [9.17, 15) is 4.79 Å². The molecule has 1 amide bonds. The predicted octanol–water partition coefficient (Wildman–Crippen LogP) is 2.57. The molecule has 1 N–H and O–H groups in total. The molecule has 0 atom stereocenters. The van der Waals surface area contributed by atoms with Crippen molar-refractivity contribution in [2.24, 2.45) is 5.92 Å². The fourth-order valence-electron chi connectivity index (χ4n) is 3.48. The van der Waals surface area contributed by atoms with Crippen LogP contribution in [0, 0.1) is 12.8 Å². The van der Waals surface area contributed by atoms with Gasteiger partial charge in [0.15, 0.2) is 5.82 Å². The zero-order valence-electron chi connectivity index (χ0n) is 14.9. The first-order chi connectivity index (χ1) is 12.7. The van der Waals surface area contributed by atoms with Gasteiger partial charge in [0.25, 0.3) is 0 Å². The summed E-state index contributed by atoms with van der Waals surface area (Å²) in [7, 11) is 0. The van der Waals surface area contributed by atoms with Crippen molar-refractivity contribution in [3.8, 4) is 0 Å². The number of anilines is 1. The summed E-state index contributed by atoms with van der Waals surface area (Å²) in [5.74, 6) is 1.17. The first kappa shape index (κ1) is 16.6. The van der Waals surface area contributed by atoms with Crippen LogP contribution in [0.4, 0.5) is 5.82 Å². The normalized spacial score (nSPS) is 15.3. The SMILES string of the molecule is Cc1ccc(CNC(=O)C2CCN(c3nccn4cncc34)CC2)cc1. The number of fused-ring (bicyclic) bond motifs is 1. The molecule has 4 rings (SSSR count). The molecule has 6 heteroatoms. The maximum absolute atomic E-state index is 12.5. The zero-order valence-corrected chi connectivity index (χ0v) is 14.9. The van der Waals surface area contributed by atoms with Crippen molar-refractivity contribution in [3.63, 3.8) is 0 Å².